The largest absolute Gasteiger partial charge is 0.466 e. The fourth-order valence-corrected chi connectivity index (χ4v) is 2.27. The molecule has 0 aliphatic heterocycles. The molecule has 1 amide bonds. The molecule has 2 heterocycles. The number of aryl methyl sites for hydroxylation is 2. The number of carbonyl (C=O) groups excluding carboxylic acids is 1. The summed E-state index contributed by atoms with van der Waals surface area (Å²) in [6, 6.07) is 3.33. The maximum Gasteiger partial charge on any atom is 0.256 e. The number of aliphatic hydroxyl groups is 1. The lowest BCUT2D eigenvalue weighted by molar-refractivity contribution is 0.0330. The van der Waals surface area contributed by atoms with E-state index in [2.05, 4.69) is 10.4 Å². The smallest absolute Gasteiger partial charge is 0.256 e. The number of halogens is 1. The van der Waals surface area contributed by atoms with Crippen LogP contribution in [-0.2, 0) is 19.1 Å². The van der Waals surface area contributed by atoms with Crippen LogP contribution < -0.4 is 5.32 Å². The molecule has 0 bridgehead atoms. The van der Waals surface area contributed by atoms with Crippen LogP contribution in [0, 0.1) is 0 Å². The summed E-state index contributed by atoms with van der Waals surface area (Å²) >= 11 is 6.10. The number of amides is 1. The second-order valence-electron chi connectivity index (χ2n) is 5.02. The van der Waals surface area contributed by atoms with Crippen molar-refractivity contribution in [3.63, 3.8) is 0 Å². The highest BCUT2D eigenvalue weighted by atomic mass is 35.5. The van der Waals surface area contributed by atoms with Gasteiger partial charge in [-0.15, -0.1) is 0 Å². The third-order valence-corrected chi connectivity index (χ3v) is 3.69. The van der Waals surface area contributed by atoms with E-state index in [0.717, 1.165) is 0 Å². The summed E-state index contributed by atoms with van der Waals surface area (Å²) in [5.41, 5.74) is -0.324. The van der Waals surface area contributed by atoms with Crippen LogP contribution in [-0.4, -0.2) is 27.3 Å². The minimum Gasteiger partial charge on any atom is -0.466 e. The Labute approximate surface area is 127 Å². The molecule has 114 valence electrons. The topological polar surface area (TPSA) is 80.3 Å². The average molecular weight is 312 g/mol. The van der Waals surface area contributed by atoms with Crippen molar-refractivity contribution in [3.05, 3.63) is 40.6 Å². The van der Waals surface area contributed by atoms with Gasteiger partial charge in [-0.2, -0.15) is 5.10 Å². The van der Waals surface area contributed by atoms with Gasteiger partial charge in [0.05, 0.1) is 24.1 Å². The first-order valence-electron chi connectivity index (χ1n) is 6.62. The summed E-state index contributed by atoms with van der Waals surface area (Å²) in [4.78, 5) is 12.3. The number of nitrogens with one attached hydrogen (secondary N) is 1. The fraction of sp³-hybridized carbons (Fsp3) is 0.429. The van der Waals surface area contributed by atoms with Gasteiger partial charge in [-0.25, -0.2) is 0 Å². The molecule has 1 atom stereocenters. The van der Waals surface area contributed by atoms with Crippen LogP contribution in [0.1, 0.15) is 35.7 Å². The van der Waals surface area contributed by atoms with Crippen LogP contribution in [0.25, 0.3) is 0 Å². The molecule has 0 saturated carbocycles. The Morgan fingerprint density at radius 1 is 1.62 bits per heavy atom. The number of furan rings is 1. The molecule has 0 spiro atoms. The van der Waals surface area contributed by atoms with E-state index in [1.165, 1.54) is 10.9 Å². The van der Waals surface area contributed by atoms with Crippen molar-refractivity contribution in [2.24, 2.45) is 7.05 Å². The van der Waals surface area contributed by atoms with E-state index >= 15 is 0 Å². The molecule has 21 heavy (non-hydrogen) atoms. The van der Waals surface area contributed by atoms with Gasteiger partial charge >= 0.3 is 0 Å². The molecule has 0 aliphatic rings. The molecular formula is C14H18ClN3O3. The van der Waals surface area contributed by atoms with Crippen molar-refractivity contribution in [1.82, 2.24) is 15.1 Å². The summed E-state index contributed by atoms with van der Waals surface area (Å²) in [6.07, 6.45) is 2.07. The van der Waals surface area contributed by atoms with Crippen molar-refractivity contribution >= 4 is 17.5 Å². The van der Waals surface area contributed by atoms with Crippen molar-refractivity contribution in [2.45, 2.75) is 25.9 Å². The molecule has 0 saturated heterocycles. The number of hydrogen-bond donors (Lipinski definition) is 2. The third kappa shape index (κ3) is 3.11. The zero-order valence-corrected chi connectivity index (χ0v) is 12.9. The van der Waals surface area contributed by atoms with Crippen molar-refractivity contribution in [3.8, 4) is 0 Å². The van der Waals surface area contributed by atoms with Gasteiger partial charge in [0.25, 0.3) is 5.91 Å². The predicted octanol–water partition coefficient (Wildman–Crippen LogP) is 1.87. The first-order valence-corrected chi connectivity index (χ1v) is 7.00. The SMILES string of the molecule is CCc1nn(C)c(Cl)c1C(=O)NCC(C)(O)c1ccco1. The Kier molecular flexibility index (Phi) is 4.39. The monoisotopic (exact) mass is 311 g/mol. The van der Waals surface area contributed by atoms with Gasteiger partial charge in [-0.1, -0.05) is 18.5 Å². The molecule has 0 aliphatic carbocycles. The number of aromatic nitrogens is 2. The number of hydrogen-bond acceptors (Lipinski definition) is 4. The lowest BCUT2D eigenvalue weighted by Gasteiger charge is -2.21. The quantitative estimate of drug-likeness (QED) is 0.883. The first kappa shape index (κ1) is 15.6. The Morgan fingerprint density at radius 3 is 2.90 bits per heavy atom. The summed E-state index contributed by atoms with van der Waals surface area (Å²) in [5.74, 6) is 0.0209. The molecule has 1 unspecified atom stereocenters. The Bertz CT molecular complexity index is 632. The van der Waals surface area contributed by atoms with Gasteiger partial charge in [0, 0.05) is 7.05 Å². The number of rotatable bonds is 5. The maximum atomic E-state index is 12.3. The number of carbonyl (C=O) groups is 1. The Balaban J connectivity index is 2.12. The lowest BCUT2D eigenvalue weighted by Crippen LogP contribution is -2.38. The van der Waals surface area contributed by atoms with Crippen LogP contribution in [0.5, 0.6) is 0 Å². The van der Waals surface area contributed by atoms with Gasteiger partial charge in [0.15, 0.2) is 0 Å². The highest BCUT2D eigenvalue weighted by Gasteiger charge is 2.28. The second kappa shape index (κ2) is 5.91. The van der Waals surface area contributed by atoms with Gasteiger partial charge in [-0.05, 0) is 25.5 Å². The summed E-state index contributed by atoms with van der Waals surface area (Å²) < 4.78 is 6.62. The first-order chi connectivity index (χ1) is 9.86. The van der Waals surface area contributed by atoms with Gasteiger partial charge < -0.3 is 14.8 Å². The molecule has 2 aromatic rings. The van der Waals surface area contributed by atoms with E-state index in [0.29, 0.717) is 23.4 Å². The molecule has 2 N–H and O–H groups in total. The summed E-state index contributed by atoms with van der Waals surface area (Å²) in [7, 11) is 1.68. The minimum absolute atomic E-state index is 0.00766. The molecule has 0 fully saturated rings. The zero-order valence-electron chi connectivity index (χ0n) is 12.2. The molecule has 0 radical (unpaired) electrons. The van der Waals surface area contributed by atoms with Crippen LogP contribution in [0.3, 0.4) is 0 Å². The predicted molar refractivity (Wildman–Crippen MR) is 78.2 cm³/mol. The standard InChI is InChI=1S/C14H18ClN3O3/c1-4-9-11(12(15)18(3)17-9)13(19)16-8-14(2,20)10-6-5-7-21-10/h5-7,20H,4,8H2,1-3H3,(H,16,19). The van der Waals surface area contributed by atoms with E-state index in [-0.39, 0.29) is 17.6 Å². The van der Waals surface area contributed by atoms with E-state index in [9.17, 15) is 9.90 Å². The summed E-state index contributed by atoms with van der Waals surface area (Å²) in [5, 5.41) is 17.4. The van der Waals surface area contributed by atoms with E-state index in [1.54, 1.807) is 26.1 Å². The third-order valence-electron chi connectivity index (χ3n) is 3.26. The lowest BCUT2D eigenvalue weighted by atomic mass is 10.0. The van der Waals surface area contributed by atoms with E-state index in [1.807, 2.05) is 6.92 Å². The molecule has 2 aromatic heterocycles. The Hall–Kier alpha value is -1.79. The maximum absolute atomic E-state index is 12.3. The fourth-order valence-electron chi connectivity index (χ4n) is 2.04. The summed E-state index contributed by atoms with van der Waals surface area (Å²) in [6.45, 7) is 3.47. The van der Waals surface area contributed by atoms with E-state index < -0.39 is 5.60 Å². The van der Waals surface area contributed by atoms with Crippen LogP contribution in [0.4, 0.5) is 0 Å². The van der Waals surface area contributed by atoms with Crippen LogP contribution >= 0.6 is 11.6 Å². The van der Waals surface area contributed by atoms with Crippen molar-refractivity contribution < 1.29 is 14.3 Å². The Morgan fingerprint density at radius 2 is 2.33 bits per heavy atom. The number of nitrogens with zero attached hydrogens (tertiary/aromatic N) is 2. The minimum atomic E-state index is -1.29. The van der Waals surface area contributed by atoms with Crippen LogP contribution in [0.2, 0.25) is 5.15 Å². The average Bonchev–Trinajstić information content (AvgIpc) is 3.06. The molecule has 0 aromatic carbocycles. The normalized spacial score (nSPS) is 14.0. The highest BCUT2D eigenvalue weighted by molar-refractivity contribution is 6.33. The molecular weight excluding hydrogens is 294 g/mol. The second-order valence-corrected chi connectivity index (χ2v) is 5.38. The zero-order chi connectivity index (χ0) is 15.6. The van der Waals surface area contributed by atoms with Gasteiger partial charge in [0.1, 0.15) is 16.5 Å². The molecule has 2 rings (SSSR count). The van der Waals surface area contributed by atoms with Crippen LogP contribution in [0.15, 0.2) is 22.8 Å². The molecule has 6 nitrogen and oxygen atoms in total. The van der Waals surface area contributed by atoms with Gasteiger partial charge in [0.2, 0.25) is 0 Å². The molecule has 7 heteroatoms. The van der Waals surface area contributed by atoms with Crippen molar-refractivity contribution in [1.29, 1.82) is 0 Å². The van der Waals surface area contributed by atoms with E-state index in [4.69, 9.17) is 16.0 Å². The highest BCUT2D eigenvalue weighted by Crippen LogP contribution is 2.22. The van der Waals surface area contributed by atoms with Gasteiger partial charge in [-0.3, -0.25) is 9.48 Å². The van der Waals surface area contributed by atoms with Crippen molar-refractivity contribution in [2.75, 3.05) is 6.54 Å².